The Hall–Kier alpha value is -2.59. The van der Waals surface area contributed by atoms with E-state index < -0.39 is 0 Å². The molecular formula is C19H17ClN2O2. The fourth-order valence-corrected chi connectivity index (χ4v) is 2.66. The monoisotopic (exact) mass is 340 g/mol. The Labute approximate surface area is 145 Å². The number of oxazole rings is 1. The molecule has 0 aliphatic carbocycles. The van der Waals surface area contributed by atoms with E-state index in [-0.39, 0.29) is 17.5 Å². The number of nitrogens with zero attached hydrogens (tertiary/aromatic N) is 1. The first kappa shape index (κ1) is 16.3. The molecule has 0 radical (unpaired) electrons. The van der Waals surface area contributed by atoms with Crippen molar-refractivity contribution in [2.24, 2.45) is 0 Å². The number of carbonyl (C=O) groups is 1. The molecule has 1 amide bonds. The van der Waals surface area contributed by atoms with Gasteiger partial charge in [0.05, 0.1) is 0 Å². The van der Waals surface area contributed by atoms with Gasteiger partial charge in [-0.15, -0.1) is 0 Å². The first-order valence-corrected chi connectivity index (χ1v) is 8.05. The third kappa shape index (κ3) is 3.66. The van der Waals surface area contributed by atoms with E-state index in [4.69, 9.17) is 16.0 Å². The standard InChI is InChI=1S/C19H17ClN2O2/c1-13(14-6-3-2-4-7-14)11-21-19(23)17-18(24-12-22-17)15-8-5-9-16(20)10-15/h2-10,12-13H,11H2,1H3,(H,21,23)/t13-/m0/s1. The number of nitrogens with one attached hydrogen (secondary N) is 1. The van der Waals surface area contributed by atoms with Crippen molar-refractivity contribution in [1.82, 2.24) is 10.3 Å². The average molecular weight is 341 g/mol. The molecule has 122 valence electrons. The molecule has 1 atom stereocenters. The number of amides is 1. The maximum atomic E-state index is 12.5. The van der Waals surface area contributed by atoms with Gasteiger partial charge in [-0.05, 0) is 23.6 Å². The smallest absolute Gasteiger partial charge is 0.273 e. The zero-order chi connectivity index (χ0) is 16.9. The summed E-state index contributed by atoms with van der Waals surface area (Å²) in [4.78, 5) is 16.5. The van der Waals surface area contributed by atoms with E-state index in [1.54, 1.807) is 18.2 Å². The quantitative estimate of drug-likeness (QED) is 0.742. The van der Waals surface area contributed by atoms with E-state index in [9.17, 15) is 4.79 Å². The van der Waals surface area contributed by atoms with Crippen LogP contribution in [0.25, 0.3) is 11.3 Å². The largest absolute Gasteiger partial charge is 0.443 e. The van der Waals surface area contributed by atoms with Crippen molar-refractivity contribution < 1.29 is 9.21 Å². The zero-order valence-electron chi connectivity index (χ0n) is 13.2. The van der Waals surface area contributed by atoms with Crippen LogP contribution in [0.2, 0.25) is 5.02 Å². The molecule has 4 nitrogen and oxygen atoms in total. The van der Waals surface area contributed by atoms with Crippen molar-refractivity contribution in [3.8, 4) is 11.3 Å². The molecule has 0 aliphatic heterocycles. The van der Waals surface area contributed by atoms with Crippen LogP contribution in [-0.2, 0) is 0 Å². The molecule has 1 heterocycles. The van der Waals surface area contributed by atoms with Crippen LogP contribution in [0.3, 0.4) is 0 Å². The van der Waals surface area contributed by atoms with Crippen molar-refractivity contribution in [2.75, 3.05) is 6.54 Å². The maximum absolute atomic E-state index is 12.5. The third-order valence-corrected chi connectivity index (χ3v) is 4.04. The summed E-state index contributed by atoms with van der Waals surface area (Å²) < 4.78 is 5.39. The molecule has 3 rings (SSSR count). The van der Waals surface area contributed by atoms with Gasteiger partial charge >= 0.3 is 0 Å². The van der Waals surface area contributed by atoms with Crippen LogP contribution in [0.15, 0.2) is 65.4 Å². The molecule has 2 aromatic carbocycles. The zero-order valence-corrected chi connectivity index (χ0v) is 14.0. The van der Waals surface area contributed by atoms with E-state index in [1.807, 2.05) is 36.4 Å². The molecule has 24 heavy (non-hydrogen) atoms. The van der Waals surface area contributed by atoms with Gasteiger partial charge in [-0.2, -0.15) is 0 Å². The Morgan fingerprint density at radius 3 is 2.75 bits per heavy atom. The second-order valence-electron chi connectivity index (χ2n) is 5.56. The summed E-state index contributed by atoms with van der Waals surface area (Å²) in [6, 6.07) is 17.2. The van der Waals surface area contributed by atoms with Crippen LogP contribution in [0.1, 0.15) is 28.9 Å². The van der Waals surface area contributed by atoms with Gasteiger partial charge < -0.3 is 9.73 Å². The molecule has 0 saturated carbocycles. The molecule has 0 saturated heterocycles. The summed E-state index contributed by atoms with van der Waals surface area (Å²) in [6.07, 6.45) is 1.27. The number of carbonyl (C=O) groups excluding carboxylic acids is 1. The number of hydrogen-bond acceptors (Lipinski definition) is 3. The summed E-state index contributed by atoms with van der Waals surface area (Å²) in [5, 5.41) is 3.49. The number of aromatic nitrogens is 1. The predicted molar refractivity (Wildman–Crippen MR) is 94.1 cm³/mol. The fourth-order valence-electron chi connectivity index (χ4n) is 2.47. The summed E-state index contributed by atoms with van der Waals surface area (Å²) in [5.74, 6) is 0.362. The molecule has 0 spiro atoms. The lowest BCUT2D eigenvalue weighted by molar-refractivity contribution is 0.0947. The van der Waals surface area contributed by atoms with Gasteiger partial charge in [0.2, 0.25) is 0 Å². The van der Waals surface area contributed by atoms with Crippen molar-refractivity contribution in [2.45, 2.75) is 12.8 Å². The second-order valence-corrected chi connectivity index (χ2v) is 6.00. The van der Waals surface area contributed by atoms with Gasteiger partial charge in [-0.25, -0.2) is 4.98 Å². The molecule has 1 N–H and O–H groups in total. The van der Waals surface area contributed by atoms with Gasteiger partial charge in [0.25, 0.3) is 5.91 Å². The normalized spacial score (nSPS) is 11.9. The van der Waals surface area contributed by atoms with Crippen molar-refractivity contribution in [3.63, 3.8) is 0 Å². The molecular weight excluding hydrogens is 324 g/mol. The Bertz CT molecular complexity index is 830. The highest BCUT2D eigenvalue weighted by atomic mass is 35.5. The van der Waals surface area contributed by atoms with Gasteiger partial charge in [0, 0.05) is 17.1 Å². The van der Waals surface area contributed by atoms with E-state index >= 15 is 0 Å². The van der Waals surface area contributed by atoms with E-state index in [0.717, 1.165) is 5.56 Å². The SMILES string of the molecule is C[C@@H](CNC(=O)c1ncoc1-c1cccc(Cl)c1)c1ccccc1. The second kappa shape index (κ2) is 7.32. The molecule has 5 heteroatoms. The van der Waals surface area contributed by atoms with E-state index in [1.165, 1.54) is 12.0 Å². The van der Waals surface area contributed by atoms with Crippen molar-refractivity contribution in [3.05, 3.63) is 77.3 Å². The summed E-state index contributed by atoms with van der Waals surface area (Å²) >= 11 is 6.00. The topological polar surface area (TPSA) is 55.1 Å². The number of halogens is 1. The molecule has 0 unspecified atom stereocenters. The summed E-state index contributed by atoms with van der Waals surface area (Å²) in [6.45, 7) is 2.58. The number of rotatable bonds is 5. The number of hydrogen-bond donors (Lipinski definition) is 1. The number of benzene rings is 2. The first-order valence-electron chi connectivity index (χ1n) is 7.67. The lowest BCUT2D eigenvalue weighted by Gasteiger charge is -2.12. The highest BCUT2D eigenvalue weighted by Gasteiger charge is 2.19. The minimum Gasteiger partial charge on any atom is -0.443 e. The lowest BCUT2D eigenvalue weighted by Crippen LogP contribution is -2.28. The summed E-state index contributed by atoms with van der Waals surface area (Å²) in [7, 11) is 0. The molecule has 0 aliphatic rings. The van der Waals surface area contributed by atoms with Crippen LogP contribution < -0.4 is 5.32 Å². The average Bonchev–Trinajstić information content (AvgIpc) is 3.10. The molecule has 0 fully saturated rings. The third-order valence-electron chi connectivity index (χ3n) is 3.81. The van der Waals surface area contributed by atoms with Gasteiger partial charge in [-0.3, -0.25) is 4.79 Å². The molecule has 3 aromatic rings. The highest BCUT2D eigenvalue weighted by Crippen LogP contribution is 2.25. The fraction of sp³-hybridized carbons (Fsp3) is 0.158. The Morgan fingerprint density at radius 2 is 2.00 bits per heavy atom. The maximum Gasteiger partial charge on any atom is 0.273 e. The van der Waals surface area contributed by atoms with E-state index in [0.29, 0.717) is 17.3 Å². The lowest BCUT2D eigenvalue weighted by atomic mass is 10.0. The van der Waals surface area contributed by atoms with Gasteiger partial charge in [0.1, 0.15) is 0 Å². The van der Waals surface area contributed by atoms with Gasteiger partial charge in [-0.1, -0.05) is 61.0 Å². The first-order chi connectivity index (χ1) is 11.6. The van der Waals surface area contributed by atoms with Crippen LogP contribution in [-0.4, -0.2) is 17.4 Å². The highest BCUT2D eigenvalue weighted by molar-refractivity contribution is 6.30. The predicted octanol–water partition coefficient (Wildman–Crippen LogP) is 4.53. The van der Waals surface area contributed by atoms with Crippen molar-refractivity contribution >= 4 is 17.5 Å². The van der Waals surface area contributed by atoms with Crippen molar-refractivity contribution in [1.29, 1.82) is 0 Å². The summed E-state index contributed by atoms with van der Waals surface area (Å²) in [5.41, 5.74) is 2.16. The van der Waals surface area contributed by atoms with Crippen LogP contribution in [0, 0.1) is 0 Å². The Kier molecular flexibility index (Phi) is 4.96. The minimum absolute atomic E-state index is 0.205. The Morgan fingerprint density at radius 1 is 1.21 bits per heavy atom. The van der Waals surface area contributed by atoms with Crippen LogP contribution in [0.4, 0.5) is 0 Å². The molecule has 0 bridgehead atoms. The van der Waals surface area contributed by atoms with Crippen LogP contribution >= 0.6 is 11.6 Å². The Balaban J connectivity index is 1.71. The van der Waals surface area contributed by atoms with Crippen LogP contribution in [0.5, 0.6) is 0 Å². The van der Waals surface area contributed by atoms with Gasteiger partial charge in [0.15, 0.2) is 17.8 Å². The minimum atomic E-state index is -0.262. The van der Waals surface area contributed by atoms with E-state index in [2.05, 4.69) is 17.2 Å². The molecule has 1 aromatic heterocycles.